The van der Waals surface area contributed by atoms with Crippen LogP contribution in [0.4, 0.5) is 11.4 Å². The molecule has 2 aliphatic rings. The quantitative estimate of drug-likeness (QED) is 0.753. The van der Waals surface area contributed by atoms with E-state index in [0.29, 0.717) is 0 Å². The van der Waals surface area contributed by atoms with Crippen molar-refractivity contribution in [2.45, 2.75) is 31.7 Å². The second kappa shape index (κ2) is 5.75. The van der Waals surface area contributed by atoms with Gasteiger partial charge in [-0.15, -0.1) is 0 Å². The van der Waals surface area contributed by atoms with Crippen molar-refractivity contribution in [2.24, 2.45) is 0 Å². The molecule has 4 heteroatoms. The fraction of sp³-hybridized carbons (Fsp3) is 0.429. The minimum Gasteiger partial charge on any atom is -0.348 e. The minimum atomic E-state index is -0.120. The number of benzene rings is 2. The maximum absolute atomic E-state index is 5.51. The lowest BCUT2D eigenvalue weighted by molar-refractivity contribution is 0.321. The highest BCUT2D eigenvalue weighted by Gasteiger charge is 2.44. The maximum atomic E-state index is 5.51. The summed E-state index contributed by atoms with van der Waals surface area (Å²) in [5.74, 6) is 0. The Morgan fingerprint density at radius 1 is 0.720 bits per heavy atom. The number of ether oxygens (including phenoxy) is 2. The second-order valence-corrected chi connectivity index (χ2v) is 7.56. The molecule has 0 radical (unpaired) electrons. The highest BCUT2D eigenvalue weighted by molar-refractivity contribution is 5.52. The zero-order chi connectivity index (χ0) is 17.7. The van der Waals surface area contributed by atoms with Crippen LogP contribution in [-0.4, -0.2) is 38.8 Å². The molecule has 2 aromatic rings. The average Bonchev–Trinajstić information content (AvgIpc) is 3.55. The van der Waals surface area contributed by atoms with Crippen LogP contribution in [0.1, 0.15) is 25.0 Å². The van der Waals surface area contributed by atoms with Crippen molar-refractivity contribution in [3.8, 4) is 0 Å². The number of epoxide rings is 2. The molecule has 2 aromatic carbocycles. The monoisotopic (exact) mass is 338 g/mol. The van der Waals surface area contributed by atoms with E-state index in [0.717, 1.165) is 19.6 Å². The first-order valence-electron chi connectivity index (χ1n) is 8.83. The van der Waals surface area contributed by atoms with Crippen molar-refractivity contribution in [1.82, 2.24) is 0 Å². The fourth-order valence-electron chi connectivity index (χ4n) is 3.05. The van der Waals surface area contributed by atoms with Gasteiger partial charge in [0.2, 0.25) is 0 Å². The summed E-state index contributed by atoms with van der Waals surface area (Å²) in [7, 11) is 4.17. The molecule has 4 nitrogen and oxygen atoms in total. The second-order valence-electron chi connectivity index (χ2n) is 7.56. The summed E-state index contributed by atoms with van der Waals surface area (Å²) < 4.78 is 11.0. The van der Waals surface area contributed by atoms with Crippen LogP contribution in [0, 0.1) is 0 Å². The van der Waals surface area contributed by atoms with Gasteiger partial charge in [-0.05, 0) is 55.7 Å². The van der Waals surface area contributed by atoms with Gasteiger partial charge in [-0.2, -0.15) is 0 Å². The number of rotatable bonds is 6. The van der Waals surface area contributed by atoms with Gasteiger partial charge in [0.05, 0.1) is 13.2 Å². The smallest absolute Gasteiger partial charge is 0.161 e. The molecule has 2 heterocycles. The molecule has 25 heavy (non-hydrogen) atoms. The van der Waals surface area contributed by atoms with E-state index >= 15 is 0 Å². The topological polar surface area (TPSA) is 31.5 Å². The Morgan fingerprint density at radius 2 is 1.04 bits per heavy atom. The molecule has 2 aliphatic heterocycles. The summed E-state index contributed by atoms with van der Waals surface area (Å²) in [6.07, 6.45) is 0.940. The van der Waals surface area contributed by atoms with Crippen LogP contribution in [0.3, 0.4) is 0 Å². The van der Waals surface area contributed by atoms with Crippen molar-refractivity contribution < 1.29 is 9.47 Å². The Labute approximate surface area is 150 Å². The summed E-state index contributed by atoms with van der Waals surface area (Å²) in [4.78, 5) is 4.39. The number of hydrogen-bond donors (Lipinski definition) is 0. The molecule has 132 valence electrons. The lowest BCUT2D eigenvalue weighted by Crippen LogP contribution is -2.32. The first-order chi connectivity index (χ1) is 11.9. The Morgan fingerprint density at radius 3 is 1.32 bits per heavy atom. The zero-order valence-electron chi connectivity index (χ0n) is 15.5. The van der Waals surface area contributed by atoms with Crippen molar-refractivity contribution in [3.05, 3.63) is 59.7 Å². The fourth-order valence-corrected chi connectivity index (χ4v) is 3.05. The summed E-state index contributed by atoms with van der Waals surface area (Å²) in [6, 6.07) is 17.5. The normalized spacial score (nSPS) is 27.0. The van der Waals surface area contributed by atoms with Crippen LogP contribution >= 0.6 is 0 Å². The molecule has 0 aromatic heterocycles. The largest absolute Gasteiger partial charge is 0.348 e. The van der Waals surface area contributed by atoms with Crippen molar-refractivity contribution in [3.63, 3.8) is 0 Å². The van der Waals surface area contributed by atoms with Crippen LogP contribution in [0.15, 0.2) is 48.5 Å². The Hall–Kier alpha value is -2.04. The van der Waals surface area contributed by atoms with Gasteiger partial charge >= 0.3 is 0 Å². The van der Waals surface area contributed by atoms with E-state index in [4.69, 9.17) is 9.47 Å². The molecule has 0 spiro atoms. The number of nitrogens with zero attached hydrogens (tertiary/aromatic N) is 2. The predicted octanol–water partition coefficient (Wildman–Crippen LogP) is 3.64. The zero-order valence-corrected chi connectivity index (χ0v) is 15.5. The molecule has 2 saturated heterocycles. The van der Waals surface area contributed by atoms with E-state index < -0.39 is 0 Å². The highest BCUT2D eigenvalue weighted by atomic mass is 16.6. The number of hydrogen-bond acceptors (Lipinski definition) is 4. The highest BCUT2D eigenvalue weighted by Crippen LogP contribution is 2.34. The summed E-state index contributed by atoms with van der Waals surface area (Å²) in [5, 5.41) is 0. The Balaban J connectivity index is 1.41. The molecule has 0 N–H and O–H groups in total. The third-order valence-electron chi connectivity index (χ3n) is 5.60. The molecule has 2 fully saturated rings. The summed E-state index contributed by atoms with van der Waals surface area (Å²) in [5.41, 5.74) is 4.78. The molecule has 0 bridgehead atoms. The van der Waals surface area contributed by atoms with Crippen LogP contribution in [-0.2, 0) is 15.9 Å². The van der Waals surface area contributed by atoms with Gasteiger partial charge in [-0.25, -0.2) is 0 Å². The molecule has 2 unspecified atom stereocenters. The number of anilines is 2. The molecule has 0 amide bonds. The molecular weight excluding hydrogens is 312 g/mol. The average molecular weight is 338 g/mol. The van der Waals surface area contributed by atoms with E-state index in [2.05, 4.69) is 86.3 Å². The maximum Gasteiger partial charge on any atom is 0.161 e. The summed E-state index contributed by atoms with van der Waals surface area (Å²) >= 11 is 0. The van der Waals surface area contributed by atoms with E-state index in [1.54, 1.807) is 0 Å². The van der Waals surface area contributed by atoms with Gasteiger partial charge in [0.25, 0.3) is 0 Å². The van der Waals surface area contributed by atoms with E-state index in [1.807, 2.05) is 0 Å². The lowest BCUT2D eigenvalue weighted by Gasteiger charge is -2.24. The lowest BCUT2D eigenvalue weighted by atomic mass is 10.0. The van der Waals surface area contributed by atoms with Crippen LogP contribution in [0.2, 0.25) is 0 Å². The number of likely N-dealkylation sites (N-methyl/N-ethyl adjacent to an activating group) is 2. The minimum absolute atomic E-state index is 0.120. The van der Waals surface area contributed by atoms with Gasteiger partial charge in [0.1, 0.15) is 0 Å². The van der Waals surface area contributed by atoms with E-state index in [-0.39, 0.29) is 11.4 Å². The van der Waals surface area contributed by atoms with Crippen molar-refractivity contribution in [1.29, 1.82) is 0 Å². The SMILES string of the molecule is CN(c1ccc(Cc2ccc(N(C)C3(C)CO3)cc2)cc1)C1(C)CO1. The van der Waals surface area contributed by atoms with E-state index in [1.165, 1.54) is 22.5 Å². The molecule has 0 aliphatic carbocycles. The van der Waals surface area contributed by atoms with Gasteiger partial charge in [-0.3, -0.25) is 0 Å². The third-order valence-corrected chi connectivity index (χ3v) is 5.60. The Bertz CT molecular complexity index is 681. The first kappa shape index (κ1) is 16.4. The van der Waals surface area contributed by atoms with Gasteiger partial charge in [0, 0.05) is 25.5 Å². The van der Waals surface area contributed by atoms with Crippen LogP contribution < -0.4 is 9.80 Å². The van der Waals surface area contributed by atoms with Gasteiger partial charge < -0.3 is 19.3 Å². The molecule has 2 atom stereocenters. The van der Waals surface area contributed by atoms with Crippen molar-refractivity contribution in [2.75, 3.05) is 37.1 Å². The summed E-state index contributed by atoms with van der Waals surface area (Å²) in [6.45, 7) is 5.84. The van der Waals surface area contributed by atoms with E-state index in [9.17, 15) is 0 Å². The molecule has 4 rings (SSSR count). The van der Waals surface area contributed by atoms with Gasteiger partial charge in [-0.1, -0.05) is 24.3 Å². The van der Waals surface area contributed by atoms with Gasteiger partial charge in [0.15, 0.2) is 11.4 Å². The van der Waals surface area contributed by atoms with Crippen LogP contribution in [0.25, 0.3) is 0 Å². The molecular formula is C21H26N2O2. The van der Waals surface area contributed by atoms with Crippen molar-refractivity contribution >= 4 is 11.4 Å². The molecule has 0 saturated carbocycles. The Kier molecular flexibility index (Phi) is 3.78. The van der Waals surface area contributed by atoms with Crippen LogP contribution in [0.5, 0.6) is 0 Å². The first-order valence-corrected chi connectivity index (χ1v) is 8.83. The predicted molar refractivity (Wildman–Crippen MR) is 101 cm³/mol. The third kappa shape index (κ3) is 3.24. The standard InChI is InChI=1S/C21H26N2O2/c1-20(14-24-20)22(3)18-9-5-16(6-10-18)13-17-7-11-19(12-8-17)23(4)21(2)15-25-21/h5-12H,13-15H2,1-4H3.